The number of benzene rings is 2. The van der Waals surface area contributed by atoms with Crippen molar-refractivity contribution in [2.24, 2.45) is 0 Å². The van der Waals surface area contributed by atoms with Gasteiger partial charge in [0.2, 0.25) is 10.0 Å². The largest absolute Gasteiger partial charge is 0.493 e. The molecule has 1 N–H and O–H groups in total. The molecule has 2 aromatic carbocycles. The Bertz CT molecular complexity index is 916. The molecule has 27 heavy (non-hydrogen) atoms. The minimum Gasteiger partial charge on any atom is -0.493 e. The van der Waals surface area contributed by atoms with E-state index in [1.54, 1.807) is 18.2 Å². The average Bonchev–Trinajstić information content (AvgIpc) is 2.66. The van der Waals surface area contributed by atoms with Crippen LogP contribution < -0.4 is 14.2 Å². The average molecular weight is 397 g/mol. The first-order valence-electron chi connectivity index (χ1n) is 7.87. The molecule has 0 aromatic heterocycles. The van der Waals surface area contributed by atoms with E-state index in [1.165, 1.54) is 33.5 Å². The zero-order valence-corrected chi connectivity index (χ0v) is 15.9. The molecule has 1 atom stereocenters. The Labute approximate surface area is 157 Å². The number of hydrogen-bond acceptors (Lipinski definition) is 6. The third-order valence-corrected chi connectivity index (χ3v) is 5.28. The van der Waals surface area contributed by atoms with Gasteiger partial charge in [-0.15, -0.1) is 0 Å². The SMILES string of the molecule is COC(=O)C[C@H](NS(=O)(=O)c1cccc(F)c1)c1ccc(OC)c(OC)c1. The monoisotopic (exact) mass is 397 g/mol. The summed E-state index contributed by atoms with van der Waals surface area (Å²) in [6, 6.07) is 8.37. The summed E-state index contributed by atoms with van der Waals surface area (Å²) in [6.45, 7) is 0. The number of halogens is 1. The molecule has 0 radical (unpaired) electrons. The quantitative estimate of drug-likeness (QED) is 0.688. The van der Waals surface area contributed by atoms with Crippen LogP contribution in [0.3, 0.4) is 0 Å². The zero-order valence-electron chi connectivity index (χ0n) is 15.1. The van der Waals surface area contributed by atoms with Gasteiger partial charge in [-0.1, -0.05) is 12.1 Å². The number of ether oxygens (including phenoxy) is 3. The lowest BCUT2D eigenvalue weighted by Crippen LogP contribution is -2.30. The number of rotatable bonds is 8. The molecule has 0 aliphatic rings. The molecule has 2 aromatic rings. The van der Waals surface area contributed by atoms with Crippen molar-refractivity contribution in [3.05, 3.63) is 53.8 Å². The number of esters is 1. The lowest BCUT2D eigenvalue weighted by atomic mass is 10.0. The van der Waals surface area contributed by atoms with Gasteiger partial charge in [-0.2, -0.15) is 0 Å². The molecular formula is C18H20FNO6S. The molecule has 0 bridgehead atoms. The summed E-state index contributed by atoms with van der Waals surface area (Å²) in [7, 11) is 0.0211. The molecule has 0 fully saturated rings. The number of carbonyl (C=O) groups is 1. The van der Waals surface area contributed by atoms with Crippen LogP contribution in [0, 0.1) is 5.82 Å². The second-order valence-electron chi connectivity index (χ2n) is 5.53. The third-order valence-electron chi connectivity index (χ3n) is 3.81. The fraction of sp³-hybridized carbons (Fsp3) is 0.278. The fourth-order valence-electron chi connectivity index (χ4n) is 2.44. The lowest BCUT2D eigenvalue weighted by Gasteiger charge is -2.20. The summed E-state index contributed by atoms with van der Waals surface area (Å²) in [5.41, 5.74) is 0.457. The predicted octanol–water partition coefficient (Wildman–Crippen LogP) is 2.43. The topological polar surface area (TPSA) is 90.9 Å². The van der Waals surface area contributed by atoms with E-state index in [0.717, 1.165) is 12.1 Å². The van der Waals surface area contributed by atoms with Gasteiger partial charge < -0.3 is 14.2 Å². The molecule has 0 amide bonds. The van der Waals surface area contributed by atoms with Gasteiger partial charge in [0.15, 0.2) is 11.5 Å². The van der Waals surface area contributed by atoms with Crippen molar-refractivity contribution in [1.29, 1.82) is 0 Å². The Morgan fingerprint density at radius 2 is 1.78 bits per heavy atom. The van der Waals surface area contributed by atoms with Crippen molar-refractivity contribution in [2.75, 3.05) is 21.3 Å². The van der Waals surface area contributed by atoms with Crippen LogP contribution in [0.1, 0.15) is 18.0 Å². The van der Waals surface area contributed by atoms with E-state index in [4.69, 9.17) is 9.47 Å². The molecule has 9 heteroatoms. The number of hydrogen-bond donors (Lipinski definition) is 1. The van der Waals surface area contributed by atoms with E-state index >= 15 is 0 Å². The second kappa shape index (κ2) is 8.83. The van der Waals surface area contributed by atoms with E-state index in [0.29, 0.717) is 17.1 Å². The first kappa shape index (κ1) is 20.7. The minimum absolute atomic E-state index is 0.252. The predicted molar refractivity (Wildman–Crippen MR) is 95.6 cm³/mol. The molecule has 0 spiro atoms. The zero-order chi connectivity index (χ0) is 20.0. The number of carbonyl (C=O) groups excluding carboxylic acids is 1. The standard InChI is InChI=1S/C18H20FNO6S/c1-24-16-8-7-12(9-17(16)25-2)15(11-18(21)26-3)20-27(22,23)14-6-4-5-13(19)10-14/h4-10,15,20H,11H2,1-3H3/t15-/m0/s1. The summed E-state index contributed by atoms with van der Waals surface area (Å²) >= 11 is 0. The minimum atomic E-state index is -4.09. The highest BCUT2D eigenvalue weighted by Crippen LogP contribution is 2.31. The Morgan fingerprint density at radius 3 is 2.37 bits per heavy atom. The molecule has 0 saturated carbocycles. The second-order valence-corrected chi connectivity index (χ2v) is 7.24. The number of methoxy groups -OCH3 is 3. The molecule has 0 heterocycles. The van der Waals surface area contributed by atoms with Crippen LogP contribution >= 0.6 is 0 Å². The maximum absolute atomic E-state index is 13.4. The van der Waals surface area contributed by atoms with E-state index in [-0.39, 0.29) is 11.3 Å². The normalized spacial score (nSPS) is 12.3. The van der Waals surface area contributed by atoms with E-state index in [9.17, 15) is 17.6 Å². The van der Waals surface area contributed by atoms with Gasteiger partial charge in [0.25, 0.3) is 0 Å². The van der Waals surface area contributed by atoms with Crippen LogP contribution in [-0.4, -0.2) is 35.7 Å². The summed E-state index contributed by atoms with van der Waals surface area (Å²) in [5.74, 6) is -0.480. The van der Waals surface area contributed by atoms with E-state index in [1.807, 2.05) is 0 Å². The van der Waals surface area contributed by atoms with Crippen molar-refractivity contribution < 1.29 is 31.8 Å². The lowest BCUT2D eigenvalue weighted by molar-refractivity contribution is -0.141. The summed E-state index contributed by atoms with van der Waals surface area (Å²) in [5, 5.41) is 0. The smallest absolute Gasteiger partial charge is 0.307 e. The van der Waals surface area contributed by atoms with Crippen LogP contribution in [0.25, 0.3) is 0 Å². The van der Waals surface area contributed by atoms with Gasteiger partial charge in [0, 0.05) is 0 Å². The van der Waals surface area contributed by atoms with Gasteiger partial charge in [-0.05, 0) is 35.9 Å². The highest BCUT2D eigenvalue weighted by atomic mass is 32.2. The van der Waals surface area contributed by atoms with E-state index in [2.05, 4.69) is 9.46 Å². The summed E-state index contributed by atoms with van der Waals surface area (Å²) in [4.78, 5) is 11.5. The van der Waals surface area contributed by atoms with Crippen molar-refractivity contribution in [1.82, 2.24) is 4.72 Å². The molecule has 0 saturated heterocycles. The first-order chi connectivity index (χ1) is 12.8. The molecule has 2 rings (SSSR count). The van der Waals surface area contributed by atoms with Crippen LogP contribution in [0.15, 0.2) is 47.4 Å². The van der Waals surface area contributed by atoms with E-state index < -0.39 is 27.9 Å². The van der Waals surface area contributed by atoms with Gasteiger partial charge in [-0.3, -0.25) is 4.79 Å². The highest BCUT2D eigenvalue weighted by molar-refractivity contribution is 7.89. The van der Waals surface area contributed by atoms with Crippen molar-refractivity contribution in [2.45, 2.75) is 17.4 Å². The molecule has 7 nitrogen and oxygen atoms in total. The summed E-state index contributed by atoms with van der Waals surface area (Å²) in [6.07, 6.45) is -0.263. The van der Waals surface area contributed by atoms with Crippen molar-refractivity contribution >= 4 is 16.0 Å². The van der Waals surface area contributed by atoms with Crippen LogP contribution in [0.5, 0.6) is 11.5 Å². The highest BCUT2D eigenvalue weighted by Gasteiger charge is 2.25. The Kier molecular flexibility index (Phi) is 6.75. The van der Waals surface area contributed by atoms with Crippen molar-refractivity contribution in [3.63, 3.8) is 0 Å². The maximum Gasteiger partial charge on any atom is 0.307 e. The molecule has 0 aliphatic heterocycles. The van der Waals surface area contributed by atoms with Crippen LogP contribution in [-0.2, 0) is 19.6 Å². The Hall–Kier alpha value is -2.65. The Balaban J connectivity index is 2.41. The summed E-state index contributed by atoms with van der Waals surface area (Å²) < 4.78 is 56.1. The van der Waals surface area contributed by atoms with Crippen LogP contribution in [0.2, 0.25) is 0 Å². The molecule has 0 aliphatic carbocycles. The van der Waals surface area contributed by atoms with Gasteiger partial charge >= 0.3 is 5.97 Å². The number of sulfonamides is 1. The van der Waals surface area contributed by atoms with Crippen LogP contribution in [0.4, 0.5) is 4.39 Å². The van der Waals surface area contributed by atoms with Gasteiger partial charge in [0.05, 0.1) is 38.7 Å². The molecule has 0 unspecified atom stereocenters. The maximum atomic E-state index is 13.4. The van der Waals surface area contributed by atoms with Crippen molar-refractivity contribution in [3.8, 4) is 11.5 Å². The van der Waals surface area contributed by atoms with Gasteiger partial charge in [0.1, 0.15) is 5.82 Å². The number of nitrogens with one attached hydrogen (secondary N) is 1. The Morgan fingerprint density at radius 1 is 1.07 bits per heavy atom. The molecule has 146 valence electrons. The third kappa shape index (κ3) is 5.18. The molecular weight excluding hydrogens is 377 g/mol. The van der Waals surface area contributed by atoms with Gasteiger partial charge in [-0.25, -0.2) is 17.5 Å². The first-order valence-corrected chi connectivity index (χ1v) is 9.35. The fourth-order valence-corrected chi connectivity index (χ4v) is 3.69.